The monoisotopic (exact) mass is 158 g/mol. The first-order valence-electron chi connectivity index (χ1n) is 3.77. The lowest BCUT2D eigenvalue weighted by Gasteiger charge is -2.31. The van der Waals surface area contributed by atoms with Gasteiger partial charge >= 0.3 is 0 Å². The fraction of sp³-hybridized carbons (Fsp3) is 0.857. The van der Waals surface area contributed by atoms with Gasteiger partial charge in [0.25, 0.3) is 0 Å². The lowest BCUT2D eigenvalue weighted by Crippen LogP contribution is -2.49. The Bertz CT molecular complexity index is 153. The molecule has 1 heterocycles. The second-order valence-electron chi connectivity index (χ2n) is 3.16. The second kappa shape index (κ2) is 3.19. The molecule has 1 saturated heterocycles. The molecule has 1 fully saturated rings. The average molecular weight is 158 g/mol. The summed E-state index contributed by atoms with van der Waals surface area (Å²) in [5.74, 6) is -0.349. The Kier molecular flexibility index (Phi) is 2.46. The van der Waals surface area contributed by atoms with E-state index >= 15 is 0 Å². The minimum Gasteiger partial charge on any atom is -0.380 e. The Morgan fingerprint density at radius 1 is 1.64 bits per heavy atom. The number of primary amides is 1. The molecule has 4 nitrogen and oxygen atoms in total. The molecule has 1 unspecified atom stereocenters. The maximum Gasteiger partial charge on any atom is 0.219 e. The van der Waals surface area contributed by atoms with Gasteiger partial charge in [-0.3, -0.25) is 4.79 Å². The smallest absolute Gasteiger partial charge is 0.219 e. The van der Waals surface area contributed by atoms with Crippen molar-refractivity contribution in [2.45, 2.75) is 24.8 Å². The van der Waals surface area contributed by atoms with E-state index in [1.165, 1.54) is 0 Å². The molecule has 64 valence electrons. The van der Waals surface area contributed by atoms with Crippen LogP contribution < -0.4 is 11.5 Å². The van der Waals surface area contributed by atoms with Gasteiger partial charge in [0.2, 0.25) is 5.91 Å². The summed E-state index contributed by atoms with van der Waals surface area (Å²) in [5, 5.41) is 0. The van der Waals surface area contributed by atoms with Crippen LogP contribution in [0.4, 0.5) is 0 Å². The fourth-order valence-corrected chi connectivity index (χ4v) is 1.36. The minimum atomic E-state index is -0.496. The molecule has 0 aromatic heterocycles. The van der Waals surface area contributed by atoms with Crippen molar-refractivity contribution in [3.63, 3.8) is 0 Å². The number of carbonyl (C=O) groups is 1. The lowest BCUT2D eigenvalue weighted by atomic mass is 9.90. The summed E-state index contributed by atoms with van der Waals surface area (Å²) in [7, 11) is 0. The van der Waals surface area contributed by atoms with Gasteiger partial charge in [0.05, 0.1) is 6.61 Å². The van der Waals surface area contributed by atoms with E-state index in [9.17, 15) is 4.79 Å². The van der Waals surface area contributed by atoms with E-state index in [4.69, 9.17) is 16.2 Å². The predicted molar refractivity (Wildman–Crippen MR) is 40.8 cm³/mol. The normalized spacial score (nSPS) is 31.7. The van der Waals surface area contributed by atoms with Gasteiger partial charge in [0.15, 0.2) is 0 Å². The van der Waals surface area contributed by atoms with Crippen LogP contribution in [0.1, 0.15) is 19.3 Å². The third-order valence-electron chi connectivity index (χ3n) is 1.88. The van der Waals surface area contributed by atoms with Crippen molar-refractivity contribution in [3.05, 3.63) is 0 Å². The summed E-state index contributed by atoms with van der Waals surface area (Å²) < 4.78 is 5.15. The van der Waals surface area contributed by atoms with Crippen molar-refractivity contribution < 1.29 is 9.53 Å². The Labute approximate surface area is 65.9 Å². The summed E-state index contributed by atoms with van der Waals surface area (Å²) in [6.07, 6.45) is 1.98. The number of rotatable bonds is 2. The van der Waals surface area contributed by atoms with Crippen molar-refractivity contribution >= 4 is 5.91 Å². The summed E-state index contributed by atoms with van der Waals surface area (Å²) in [6.45, 7) is 1.20. The number of ether oxygens (including phenoxy) is 1. The van der Waals surface area contributed by atoms with Crippen LogP contribution in [0.2, 0.25) is 0 Å². The molecular weight excluding hydrogens is 144 g/mol. The molecule has 1 aliphatic rings. The SMILES string of the molecule is NC(=O)CC1(N)CCCOC1. The minimum absolute atomic E-state index is 0.229. The zero-order valence-electron chi connectivity index (χ0n) is 6.51. The van der Waals surface area contributed by atoms with Gasteiger partial charge in [0.1, 0.15) is 0 Å². The number of hydrogen-bond acceptors (Lipinski definition) is 3. The van der Waals surface area contributed by atoms with Crippen LogP contribution >= 0.6 is 0 Å². The van der Waals surface area contributed by atoms with Crippen molar-refractivity contribution in [1.29, 1.82) is 0 Å². The van der Waals surface area contributed by atoms with Crippen molar-refractivity contribution in [2.75, 3.05) is 13.2 Å². The van der Waals surface area contributed by atoms with Gasteiger partial charge < -0.3 is 16.2 Å². The third kappa shape index (κ3) is 2.48. The molecule has 0 radical (unpaired) electrons. The molecule has 11 heavy (non-hydrogen) atoms. The number of nitrogens with two attached hydrogens (primary N) is 2. The molecule has 0 spiro atoms. The predicted octanol–water partition coefficient (Wildman–Crippen LogP) is -0.630. The molecule has 0 bridgehead atoms. The molecule has 1 aliphatic heterocycles. The van der Waals surface area contributed by atoms with E-state index in [2.05, 4.69) is 0 Å². The largest absolute Gasteiger partial charge is 0.380 e. The first-order valence-corrected chi connectivity index (χ1v) is 3.77. The van der Waals surface area contributed by atoms with Crippen LogP contribution in [-0.2, 0) is 9.53 Å². The van der Waals surface area contributed by atoms with E-state index in [0.29, 0.717) is 6.61 Å². The fourth-order valence-electron chi connectivity index (χ4n) is 1.36. The quantitative estimate of drug-likeness (QED) is 0.561. The second-order valence-corrected chi connectivity index (χ2v) is 3.16. The Balaban J connectivity index is 2.43. The molecule has 4 N–H and O–H groups in total. The first kappa shape index (κ1) is 8.49. The molecule has 4 heteroatoms. The highest BCUT2D eigenvalue weighted by molar-refractivity contribution is 5.75. The zero-order valence-corrected chi connectivity index (χ0v) is 6.51. The maximum absolute atomic E-state index is 10.6. The standard InChI is InChI=1S/C7H14N2O2/c8-6(10)4-7(9)2-1-3-11-5-7/h1-5,9H2,(H2,8,10). The Morgan fingerprint density at radius 2 is 2.36 bits per heavy atom. The van der Waals surface area contributed by atoms with Crippen LogP contribution in [-0.4, -0.2) is 24.7 Å². The van der Waals surface area contributed by atoms with Crippen LogP contribution in [0.5, 0.6) is 0 Å². The van der Waals surface area contributed by atoms with Crippen molar-refractivity contribution in [1.82, 2.24) is 0 Å². The molecule has 1 rings (SSSR count). The molecular formula is C7H14N2O2. The molecule has 1 amide bonds. The van der Waals surface area contributed by atoms with E-state index in [0.717, 1.165) is 19.4 Å². The van der Waals surface area contributed by atoms with Gasteiger partial charge in [-0.2, -0.15) is 0 Å². The summed E-state index contributed by atoms with van der Waals surface area (Å²) in [4.78, 5) is 10.6. The Hall–Kier alpha value is -0.610. The highest BCUT2D eigenvalue weighted by atomic mass is 16.5. The molecule has 0 aromatic carbocycles. The number of carbonyl (C=O) groups excluding carboxylic acids is 1. The van der Waals surface area contributed by atoms with Crippen LogP contribution in [0.25, 0.3) is 0 Å². The first-order chi connectivity index (χ1) is 5.12. The van der Waals surface area contributed by atoms with Gasteiger partial charge in [0, 0.05) is 18.6 Å². The zero-order chi connectivity index (χ0) is 8.32. The van der Waals surface area contributed by atoms with Crippen LogP contribution in [0, 0.1) is 0 Å². The lowest BCUT2D eigenvalue weighted by molar-refractivity contribution is -0.120. The van der Waals surface area contributed by atoms with Gasteiger partial charge in [-0.1, -0.05) is 0 Å². The average Bonchev–Trinajstić information content (AvgIpc) is 1.85. The van der Waals surface area contributed by atoms with E-state index in [1.807, 2.05) is 0 Å². The highest BCUT2D eigenvalue weighted by Gasteiger charge is 2.29. The van der Waals surface area contributed by atoms with E-state index in [-0.39, 0.29) is 12.3 Å². The van der Waals surface area contributed by atoms with E-state index < -0.39 is 5.54 Å². The summed E-state index contributed by atoms with van der Waals surface area (Å²) in [5.41, 5.74) is 10.4. The molecule has 0 aliphatic carbocycles. The highest BCUT2D eigenvalue weighted by Crippen LogP contribution is 2.19. The topological polar surface area (TPSA) is 78.3 Å². The van der Waals surface area contributed by atoms with Crippen molar-refractivity contribution in [2.24, 2.45) is 11.5 Å². The van der Waals surface area contributed by atoms with Gasteiger partial charge in [-0.25, -0.2) is 0 Å². The van der Waals surface area contributed by atoms with E-state index in [1.54, 1.807) is 0 Å². The summed E-state index contributed by atoms with van der Waals surface area (Å²) in [6, 6.07) is 0. The van der Waals surface area contributed by atoms with Crippen molar-refractivity contribution in [3.8, 4) is 0 Å². The van der Waals surface area contributed by atoms with Crippen LogP contribution in [0.3, 0.4) is 0 Å². The number of hydrogen-bond donors (Lipinski definition) is 2. The summed E-state index contributed by atoms with van der Waals surface area (Å²) >= 11 is 0. The van der Waals surface area contributed by atoms with Crippen LogP contribution in [0.15, 0.2) is 0 Å². The Morgan fingerprint density at radius 3 is 2.82 bits per heavy atom. The molecule has 1 atom stereocenters. The van der Waals surface area contributed by atoms with Gasteiger partial charge in [-0.15, -0.1) is 0 Å². The van der Waals surface area contributed by atoms with Gasteiger partial charge in [-0.05, 0) is 12.8 Å². The third-order valence-corrected chi connectivity index (χ3v) is 1.88. The number of amides is 1. The molecule has 0 saturated carbocycles. The maximum atomic E-state index is 10.6. The molecule has 0 aromatic rings.